The van der Waals surface area contributed by atoms with Gasteiger partial charge >= 0.3 is 5.97 Å². The van der Waals surface area contributed by atoms with Crippen molar-refractivity contribution in [1.29, 1.82) is 0 Å². The maximum Gasteiger partial charge on any atom is 0.308 e. The summed E-state index contributed by atoms with van der Waals surface area (Å²) in [5.41, 5.74) is 2.94. The quantitative estimate of drug-likeness (QED) is 0.762. The Balaban J connectivity index is 1.91. The number of rotatable bonds is 7. The largest absolute Gasteiger partial charge is 0.481 e. The molecule has 0 bridgehead atoms. The van der Waals surface area contributed by atoms with Crippen LogP contribution in [0.3, 0.4) is 0 Å². The molecule has 0 saturated carbocycles. The zero-order valence-corrected chi connectivity index (χ0v) is 15.0. The van der Waals surface area contributed by atoms with Crippen molar-refractivity contribution >= 4 is 27.8 Å². The number of hydrogen-bond acceptors (Lipinski definition) is 2. The van der Waals surface area contributed by atoms with E-state index in [0.29, 0.717) is 6.42 Å². The molecule has 0 aromatic heterocycles. The maximum atomic E-state index is 12.0. The van der Waals surface area contributed by atoms with Crippen LogP contribution in [0.2, 0.25) is 0 Å². The van der Waals surface area contributed by atoms with Crippen molar-refractivity contribution in [2.24, 2.45) is 5.92 Å². The van der Waals surface area contributed by atoms with Crippen LogP contribution in [0.4, 0.5) is 0 Å². The van der Waals surface area contributed by atoms with Crippen LogP contribution in [-0.4, -0.2) is 23.5 Å². The van der Waals surface area contributed by atoms with Crippen LogP contribution in [0.25, 0.3) is 0 Å². The van der Waals surface area contributed by atoms with Crippen molar-refractivity contribution in [2.75, 3.05) is 6.54 Å². The van der Waals surface area contributed by atoms with Crippen LogP contribution in [0.15, 0.2) is 53.0 Å². The molecule has 0 radical (unpaired) electrons. The highest BCUT2D eigenvalue weighted by atomic mass is 79.9. The Morgan fingerprint density at radius 2 is 1.83 bits per heavy atom. The predicted molar refractivity (Wildman–Crippen MR) is 96.9 cm³/mol. The summed E-state index contributed by atoms with van der Waals surface area (Å²) in [6, 6.07) is 15.3. The molecule has 0 heterocycles. The Kier molecular flexibility index (Phi) is 6.55. The minimum atomic E-state index is -0.903. The Morgan fingerprint density at radius 1 is 1.12 bits per heavy atom. The number of benzene rings is 2. The van der Waals surface area contributed by atoms with Crippen molar-refractivity contribution < 1.29 is 14.7 Å². The summed E-state index contributed by atoms with van der Waals surface area (Å²) < 4.78 is 0.913. The van der Waals surface area contributed by atoms with E-state index in [9.17, 15) is 14.7 Å². The molecule has 24 heavy (non-hydrogen) atoms. The fourth-order valence-corrected chi connectivity index (χ4v) is 2.95. The molecule has 1 unspecified atom stereocenters. The third-order valence-electron chi connectivity index (χ3n) is 3.71. The van der Waals surface area contributed by atoms with Crippen LogP contribution in [-0.2, 0) is 22.4 Å². The predicted octanol–water partition coefficient (Wildman–Crippen LogP) is 3.36. The molecule has 2 aromatic rings. The fraction of sp³-hybridized carbons (Fsp3) is 0.263. The summed E-state index contributed by atoms with van der Waals surface area (Å²) in [4.78, 5) is 23.5. The second-order valence-corrected chi connectivity index (χ2v) is 6.75. The average molecular weight is 390 g/mol. The van der Waals surface area contributed by atoms with E-state index in [0.717, 1.165) is 21.2 Å². The lowest BCUT2D eigenvalue weighted by molar-refractivity contribution is -0.141. The lowest BCUT2D eigenvalue weighted by Crippen LogP contribution is -2.34. The first-order chi connectivity index (χ1) is 11.4. The van der Waals surface area contributed by atoms with E-state index in [4.69, 9.17) is 0 Å². The van der Waals surface area contributed by atoms with E-state index in [1.165, 1.54) is 0 Å². The highest BCUT2D eigenvalue weighted by molar-refractivity contribution is 9.10. The van der Waals surface area contributed by atoms with Gasteiger partial charge in [0.25, 0.3) is 0 Å². The van der Waals surface area contributed by atoms with Gasteiger partial charge < -0.3 is 10.4 Å². The van der Waals surface area contributed by atoms with Crippen LogP contribution >= 0.6 is 15.9 Å². The van der Waals surface area contributed by atoms with Crippen molar-refractivity contribution in [3.63, 3.8) is 0 Å². The smallest absolute Gasteiger partial charge is 0.308 e. The molecule has 2 aromatic carbocycles. The van der Waals surface area contributed by atoms with Gasteiger partial charge in [-0.05, 0) is 36.6 Å². The number of aryl methyl sites for hydroxylation is 1. The molecule has 5 heteroatoms. The van der Waals surface area contributed by atoms with E-state index in [2.05, 4.69) is 21.2 Å². The van der Waals surface area contributed by atoms with E-state index in [1.54, 1.807) is 0 Å². The molecule has 2 N–H and O–H groups in total. The topological polar surface area (TPSA) is 66.4 Å². The van der Waals surface area contributed by atoms with E-state index >= 15 is 0 Å². The minimum Gasteiger partial charge on any atom is -0.481 e. The molecular formula is C19H20BrNO3. The van der Waals surface area contributed by atoms with E-state index in [-0.39, 0.29) is 18.9 Å². The molecule has 0 aliphatic heterocycles. The number of carboxylic acids is 1. The van der Waals surface area contributed by atoms with Crippen LogP contribution in [0, 0.1) is 12.8 Å². The van der Waals surface area contributed by atoms with Gasteiger partial charge in [0, 0.05) is 11.0 Å². The first-order valence-corrected chi connectivity index (χ1v) is 8.53. The molecule has 0 aliphatic carbocycles. The van der Waals surface area contributed by atoms with Gasteiger partial charge in [0.15, 0.2) is 0 Å². The van der Waals surface area contributed by atoms with Gasteiger partial charge in [-0.3, -0.25) is 9.59 Å². The number of carbonyl (C=O) groups is 2. The summed E-state index contributed by atoms with van der Waals surface area (Å²) in [5, 5.41) is 12.1. The fourth-order valence-electron chi connectivity index (χ4n) is 2.50. The summed E-state index contributed by atoms with van der Waals surface area (Å²) in [6.07, 6.45) is 0.629. The molecular weight excluding hydrogens is 370 g/mol. The van der Waals surface area contributed by atoms with Crippen molar-refractivity contribution in [1.82, 2.24) is 5.32 Å². The van der Waals surface area contributed by atoms with Crippen LogP contribution in [0.5, 0.6) is 0 Å². The monoisotopic (exact) mass is 389 g/mol. The second kappa shape index (κ2) is 8.64. The summed E-state index contributed by atoms with van der Waals surface area (Å²) in [6.45, 7) is 2.09. The zero-order chi connectivity index (χ0) is 17.5. The third kappa shape index (κ3) is 5.81. The summed E-state index contributed by atoms with van der Waals surface area (Å²) in [7, 11) is 0. The Bertz CT molecular complexity index is 730. The van der Waals surface area contributed by atoms with Gasteiger partial charge in [-0.1, -0.05) is 57.9 Å². The Hall–Kier alpha value is -2.14. The molecule has 2 rings (SSSR count). The molecule has 0 aliphatic rings. The average Bonchev–Trinajstić information content (AvgIpc) is 2.51. The number of carboxylic acid groups (broad SMARTS) is 1. The highest BCUT2D eigenvalue weighted by Gasteiger charge is 2.19. The Morgan fingerprint density at radius 3 is 2.50 bits per heavy atom. The molecule has 0 spiro atoms. The second-order valence-electron chi connectivity index (χ2n) is 5.84. The van der Waals surface area contributed by atoms with E-state index in [1.807, 2.05) is 55.5 Å². The molecule has 126 valence electrons. The SMILES string of the molecule is Cc1cccc(CC(CNC(=O)Cc2cccc(Br)c2)C(=O)O)c1. The minimum absolute atomic E-state index is 0.121. The van der Waals surface area contributed by atoms with Gasteiger partial charge in [-0.25, -0.2) is 0 Å². The first kappa shape index (κ1) is 18.2. The number of amides is 1. The zero-order valence-electron chi connectivity index (χ0n) is 13.5. The molecule has 0 fully saturated rings. The number of halogens is 1. The van der Waals surface area contributed by atoms with Crippen molar-refractivity contribution in [3.05, 3.63) is 69.7 Å². The van der Waals surface area contributed by atoms with Gasteiger partial charge in [0.2, 0.25) is 5.91 Å². The van der Waals surface area contributed by atoms with Gasteiger partial charge in [-0.2, -0.15) is 0 Å². The van der Waals surface area contributed by atoms with Gasteiger partial charge in [-0.15, -0.1) is 0 Å². The molecule has 1 atom stereocenters. The van der Waals surface area contributed by atoms with Crippen molar-refractivity contribution in [3.8, 4) is 0 Å². The molecule has 0 saturated heterocycles. The Labute approximate surface area is 150 Å². The number of aliphatic carboxylic acids is 1. The van der Waals surface area contributed by atoms with Gasteiger partial charge in [0.05, 0.1) is 12.3 Å². The number of hydrogen-bond donors (Lipinski definition) is 2. The van der Waals surface area contributed by atoms with Gasteiger partial charge in [0.1, 0.15) is 0 Å². The molecule has 4 nitrogen and oxygen atoms in total. The number of carbonyl (C=O) groups excluding carboxylic acids is 1. The molecule has 1 amide bonds. The van der Waals surface area contributed by atoms with E-state index < -0.39 is 11.9 Å². The highest BCUT2D eigenvalue weighted by Crippen LogP contribution is 2.13. The van der Waals surface area contributed by atoms with Crippen LogP contribution < -0.4 is 5.32 Å². The first-order valence-electron chi connectivity index (χ1n) is 7.73. The maximum absolute atomic E-state index is 12.0. The lowest BCUT2D eigenvalue weighted by atomic mass is 9.98. The summed E-state index contributed by atoms with van der Waals surface area (Å²) >= 11 is 3.37. The summed E-state index contributed by atoms with van der Waals surface area (Å²) in [5.74, 6) is -1.72. The lowest BCUT2D eigenvalue weighted by Gasteiger charge is -2.14. The van der Waals surface area contributed by atoms with Crippen molar-refractivity contribution in [2.45, 2.75) is 19.8 Å². The normalized spacial score (nSPS) is 11.8. The number of nitrogens with one attached hydrogen (secondary N) is 1. The third-order valence-corrected chi connectivity index (χ3v) is 4.21. The standard InChI is InChI=1S/C19H20BrNO3/c1-13-4-2-5-14(8-13)9-16(19(23)24)12-21-18(22)11-15-6-3-7-17(20)10-15/h2-8,10,16H,9,11-12H2,1H3,(H,21,22)(H,23,24). The van der Waals surface area contributed by atoms with Crippen LogP contribution in [0.1, 0.15) is 16.7 Å².